The largest absolute Gasteiger partial charge is 0.357 e. The summed E-state index contributed by atoms with van der Waals surface area (Å²) in [5.41, 5.74) is 3.85. The van der Waals surface area contributed by atoms with Crippen LogP contribution in [0.5, 0.6) is 0 Å². The van der Waals surface area contributed by atoms with E-state index in [1.54, 1.807) is 13.1 Å². The quantitative estimate of drug-likeness (QED) is 0.305. The molecule has 0 aliphatic carbocycles. The smallest absolute Gasteiger partial charge is 0.251 e. The fourth-order valence-corrected chi connectivity index (χ4v) is 3.39. The first kappa shape index (κ1) is 21.4. The zero-order valence-electron chi connectivity index (χ0n) is 17.9. The van der Waals surface area contributed by atoms with E-state index >= 15 is 0 Å². The van der Waals surface area contributed by atoms with Crippen LogP contribution in [0.25, 0.3) is 11.0 Å². The number of hydrogen-bond donors (Lipinski definition) is 3. The number of hydrogen-bond acceptors (Lipinski definition) is 3. The minimum Gasteiger partial charge on any atom is -0.357 e. The average Bonchev–Trinajstić information content (AvgIpc) is 3.09. The minimum atomic E-state index is -0.0896. The average molecular weight is 407 g/mol. The van der Waals surface area contributed by atoms with Crippen molar-refractivity contribution in [2.45, 2.75) is 33.4 Å². The molecule has 0 bridgehead atoms. The highest BCUT2D eigenvalue weighted by Gasteiger charge is 2.07. The molecule has 1 amide bonds. The Labute approximate surface area is 177 Å². The summed E-state index contributed by atoms with van der Waals surface area (Å²) in [7, 11) is 1.63. The van der Waals surface area contributed by atoms with Crippen LogP contribution in [-0.2, 0) is 13.1 Å². The van der Waals surface area contributed by atoms with Gasteiger partial charge in [-0.15, -0.1) is 0 Å². The molecule has 0 saturated heterocycles. The van der Waals surface area contributed by atoms with E-state index < -0.39 is 0 Å². The molecule has 0 atom stereocenters. The maximum absolute atomic E-state index is 11.8. The second-order valence-corrected chi connectivity index (χ2v) is 7.05. The van der Waals surface area contributed by atoms with Crippen LogP contribution in [0.3, 0.4) is 0 Å². The zero-order valence-corrected chi connectivity index (χ0v) is 17.9. The molecule has 7 nitrogen and oxygen atoms in total. The van der Waals surface area contributed by atoms with Gasteiger partial charge in [-0.2, -0.15) is 0 Å². The highest BCUT2D eigenvalue weighted by Crippen LogP contribution is 2.15. The highest BCUT2D eigenvalue weighted by molar-refractivity contribution is 5.94. The fourth-order valence-electron chi connectivity index (χ4n) is 3.39. The number of carbonyl (C=O) groups is 1. The van der Waals surface area contributed by atoms with Crippen molar-refractivity contribution in [1.29, 1.82) is 0 Å². The summed E-state index contributed by atoms with van der Waals surface area (Å²) < 4.78 is 2.26. The van der Waals surface area contributed by atoms with Crippen LogP contribution in [0.4, 0.5) is 0 Å². The maximum Gasteiger partial charge on any atom is 0.251 e. The van der Waals surface area contributed by atoms with Crippen molar-refractivity contribution in [2.75, 3.05) is 20.1 Å². The summed E-state index contributed by atoms with van der Waals surface area (Å²) in [6, 6.07) is 15.8. The van der Waals surface area contributed by atoms with Crippen molar-refractivity contribution in [2.24, 2.45) is 4.99 Å². The number of aromatic nitrogens is 2. The number of rotatable bonds is 8. The zero-order chi connectivity index (χ0) is 21.3. The predicted octanol–water partition coefficient (Wildman–Crippen LogP) is 2.85. The van der Waals surface area contributed by atoms with Crippen molar-refractivity contribution < 1.29 is 4.79 Å². The molecule has 1 heterocycles. The fraction of sp³-hybridized carbons (Fsp3) is 0.348. The molecule has 3 aromatic rings. The first-order chi connectivity index (χ1) is 14.6. The second-order valence-electron chi connectivity index (χ2n) is 7.05. The van der Waals surface area contributed by atoms with Crippen LogP contribution in [0, 0.1) is 6.92 Å². The van der Waals surface area contributed by atoms with Crippen LogP contribution < -0.4 is 16.0 Å². The standard InChI is InChI=1S/C23H30N6O/c1-4-25-23(27-16-18-9-7-10-19(15-18)22(30)24-3)26-13-8-14-29-17(2)28-20-11-5-6-12-21(20)29/h5-7,9-12,15H,4,8,13-14,16H2,1-3H3,(H,24,30)(H2,25,26,27). The number of aryl methyl sites for hydroxylation is 2. The summed E-state index contributed by atoms with van der Waals surface area (Å²) in [6.45, 7) is 7.08. The third-order valence-electron chi connectivity index (χ3n) is 4.88. The van der Waals surface area contributed by atoms with Gasteiger partial charge in [0.05, 0.1) is 17.6 Å². The van der Waals surface area contributed by atoms with E-state index in [0.717, 1.165) is 48.9 Å². The topological polar surface area (TPSA) is 83.3 Å². The van der Waals surface area contributed by atoms with Crippen molar-refractivity contribution in [3.8, 4) is 0 Å². The molecule has 1 aromatic heterocycles. The van der Waals surface area contributed by atoms with Gasteiger partial charge in [-0.05, 0) is 50.1 Å². The number of carbonyl (C=O) groups excluding carboxylic acids is 1. The molecular weight excluding hydrogens is 376 g/mol. The summed E-state index contributed by atoms with van der Waals surface area (Å²) in [5.74, 6) is 1.72. The van der Waals surface area contributed by atoms with E-state index in [-0.39, 0.29) is 5.91 Å². The lowest BCUT2D eigenvalue weighted by molar-refractivity contribution is 0.0963. The van der Waals surface area contributed by atoms with E-state index in [1.807, 2.05) is 50.2 Å². The predicted molar refractivity (Wildman–Crippen MR) is 122 cm³/mol. The Bertz CT molecular complexity index is 1020. The van der Waals surface area contributed by atoms with Gasteiger partial charge in [-0.3, -0.25) is 4.79 Å². The van der Waals surface area contributed by atoms with Crippen molar-refractivity contribution >= 4 is 22.9 Å². The van der Waals surface area contributed by atoms with Gasteiger partial charge < -0.3 is 20.5 Å². The van der Waals surface area contributed by atoms with E-state index in [0.29, 0.717) is 12.1 Å². The molecule has 0 spiro atoms. The van der Waals surface area contributed by atoms with Gasteiger partial charge in [0, 0.05) is 32.2 Å². The molecular formula is C23H30N6O. The molecule has 0 fully saturated rings. The van der Waals surface area contributed by atoms with Crippen LogP contribution in [-0.4, -0.2) is 41.6 Å². The van der Waals surface area contributed by atoms with E-state index in [4.69, 9.17) is 0 Å². The Kier molecular flexibility index (Phi) is 7.43. The Morgan fingerprint density at radius 3 is 2.77 bits per heavy atom. The molecule has 158 valence electrons. The van der Waals surface area contributed by atoms with E-state index in [1.165, 1.54) is 5.52 Å². The third-order valence-corrected chi connectivity index (χ3v) is 4.88. The number of nitrogens with one attached hydrogen (secondary N) is 3. The molecule has 0 unspecified atom stereocenters. The number of nitrogens with zero attached hydrogens (tertiary/aromatic N) is 3. The van der Waals surface area contributed by atoms with Gasteiger partial charge in [-0.1, -0.05) is 24.3 Å². The van der Waals surface area contributed by atoms with Crippen LogP contribution in [0.2, 0.25) is 0 Å². The SMILES string of the molecule is CCNC(=NCc1cccc(C(=O)NC)c1)NCCCn1c(C)nc2ccccc21. The van der Waals surface area contributed by atoms with Crippen molar-refractivity contribution in [1.82, 2.24) is 25.5 Å². The van der Waals surface area contributed by atoms with Gasteiger partial charge in [0.1, 0.15) is 5.82 Å². The van der Waals surface area contributed by atoms with Crippen molar-refractivity contribution in [3.63, 3.8) is 0 Å². The number of imidazole rings is 1. The molecule has 0 aliphatic rings. The molecule has 7 heteroatoms. The Morgan fingerprint density at radius 2 is 1.97 bits per heavy atom. The lowest BCUT2D eigenvalue weighted by Gasteiger charge is -2.12. The summed E-state index contributed by atoms with van der Waals surface area (Å²) in [6.07, 6.45) is 0.956. The monoisotopic (exact) mass is 406 g/mol. The molecule has 3 N–H and O–H groups in total. The summed E-state index contributed by atoms with van der Waals surface area (Å²) in [4.78, 5) is 21.1. The Hall–Kier alpha value is -3.35. The molecule has 2 aromatic carbocycles. The number of para-hydroxylation sites is 2. The van der Waals surface area contributed by atoms with Gasteiger partial charge in [0.2, 0.25) is 0 Å². The Balaban J connectivity index is 1.56. The molecule has 30 heavy (non-hydrogen) atoms. The summed E-state index contributed by atoms with van der Waals surface area (Å²) >= 11 is 0. The van der Waals surface area contributed by atoms with E-state index in [2.05, 4.69) is 36.6 Å². The lowest BCUT2D eigenvalue weighted by atomic mass is 10.1. The number of fused-ring (bicyclic) bond motifs is 1. The van der Waals surface area contributed by atoms with Gasteiger partial charge in [0.25, 0.3) is 5.91 Å². The molecule has 0 radical (unpaired) electrons. The molecule has 0 saturated carbocycles. The highest BCUT2D eigenvalue weighted by atomic mass is 16.1. The molecule has 3 rings (SSSR count). The Morgan fingerprint density at radius 1 is 1.13 bits per heavy atom. The van der Waals surface area contributed by atoms with Gasteiger partial charge >= 0.3 is 0 Å². The number of benzene rings is 2. The minimum absolute atomic E-state index is 0.0896. The number of amides is 1. The summed E-state index contributed by atoms with van der Waals surface area (Å²) in [5, 5.41) is 9.32. The lowest BCUT2D eigenvalue weighted by Crippen LogP contribution is -2.38. The maximum atomic E-state index is 11.8. The van der Waals surface area contributed by atoms with Gasteiger partial charge in [0.15, 0.2) is 5.96 Å². The van der Waals surface area contributed by atoms with E-state index in [9.17, 15) is 4.79 Å². The first-order valence-corrected chi connectivity index (χ1v) is 10.4. The van der Waals surface area contributed by atoms with Crippen LogP contribution in [0.1, 0.15) is 35.1 Å². The van der Waals surface area contributed by atoms with Crippen LogP contribution in [0.15, 0.2) is 53.5 Å². The third kappa shape index (κ3) is 5.37. The second kappa shape index (κ2) is 10.4. The van der Waals surface area contributed by atoms with Crippen LogP contribution >= 0.6 is 0 Å². The van der Waals surface area contributed by atoms with Crippen molar-refractivity contribution in [3.05, 3.63) is 65.5 Å². The number of guanidine groups is 1. The molecule has 0 aliphatic heterocycles. The van der Waals surface area contributed by atoms with Gasteiger partial charge in [-0.25, -0.2) is 9.98 Å². The normalized spacial score (nSPS) is 11.5. The first-order valence-electron chi connectivity index (χ1n) is 10.4. The number of aliphatic imine (C=N–C) groups is 1.